The average Bonchev–Trinajstić information content (AvgIpc) is 2.98. The Hall–Kier alpha value is -2.22. The van der Waals surface area contributed by atoms with Gasteiger partial charge in [0.15, 0.2) is 0 Å². The zero-order valence-corrected chi connectivity index (χ0v) is 11.0. The predicted octanol–water partition coefficient (Wildman–Crippen LogP) is 0.463. The van der Waals surface area contributed by atoms with Gasteiger partial charge in [-0.3, -0.25) is 5.10 Å². The number of aromatic nitrogens is 5. The van der Waals surface area contributed by atoms with Gasteiger partial charge >= 0.3 is 0 Å². The monoisotopic (exact) mass is 264 g/mol. The Labute approximate surface area is 110 Å². The molecule has 19 heavy (non-hydrogen) atoms. The lowest BCUT2D eigenvalue weighted by Gasteiger charge is -2.14. The highest BCUT2D eigenvalue weighted by molar-refractivity contribution is 5.34. The Morgan fingerprint density at radius 2 is 1.84 bits per heavy atom. The van der Waals surface area contributed by atoms with E-state index < -0.39 is 0 Å². The summed E-state index contributed by atoms with van der Waals surface area (Å²) in [5.74, 6) is 1.74. The summed E-state index contributed by atoms with van der Waals surface area (Å²) >= 11 is 0. The number of aromatic amines is 1. The van der Waals surface area contributed by atoms with Crippen molar-refractivity contribution in [3.8, 4) is 11.8 Å². The number of nitrogens with one attached hydrogen (secondary N) is 2. The fourth-order valence-electron chi connectivity index (χ4n) is 1.66. The highest BCUT2D eigenvalue weighted by Gasteiger charge is 2.15. The molecule has 0 aliphatic heterocycles. The summed E-state index contributed by atoms with van der Waals surface area (Å²) in [7, 11) is 3.12. The van der Waals surface area contributed by atoms with E-state index in [9.17, 15) is 0 Å². The molecule has 102 valence electrons. The Morgan fingerprint density at radius 3 is 2.37 bits per heavy atom. The minimum Gasteiger partial charge on any atom is -0.481 e. The smallest absolute Gasteiger partial charge is 0.224 e. The van der Waals surface area contributed by atoms with Crippen LogP contribution in [-0.4, -0.2) is 39.4 Å². The molecule has 0 amide bonds. The molecule has 2 rings (SSSR count). The summed E-state index contributed by atoms with van der Waals surface area (Å²) in [6, 6.07) is 0.0112. The SMILES string of the molecule is COc1ncnc(OC)c1CNC(C)c1ncn[nH]1. The third-order valence-electron chi connectivity index (χ3n) is 2.68. The van der Waals surface area contributed by atoms with Gasteiger partial charge in [0.2, 0.25) is 11.8 Å². The number of rotatable bonds is 6. The standard InChI is InChI=1S/C11H16N6O2/c1-7(9-13-6-16-17-9)12-4-8-10(18-2)14-5-15-11(8)19-3/h5-7,12H,4H2,1-3H3,(H,13,16,17). The van der Waals surface area contributed by atoms with Crippen LogP contribution in [-0.2, 0) is 6.54 Å². The molecular weight excluding hydrogens is 248 g/mol. The van der Waals surface area contributed by atoms with Gasteiger partial charge in [-0.05, 0) is 6.92 Å². The third kappa shape index (κ3) is 2.97. The van der Waals surface area contributed by atoms with E-state index in [1.54, 1.807) is 14.2 Å². The topological polar surface area (TPSA) is 97.8 Å². The fourth-order valence-corrected chi connectivity index (χ4v) is 1.66. The maximum Gasteiger partial charge on any atom is 0.224 e. The molecule has 2 N–H and O–H groups in total. The Kier molecular flexibility index (Phi) is 4.24. The minimum atomic E-state index is 0.0112. The molecule has 8 heteroatoms. The first-order chi connectivity index (χ1) is 9.26. The van der Waals surface area contributed by atoms with E-state index in [2.05, 4.69) is 30.5 Å². The van der Waals surface area contributed by atoms with Crippen LogP contribution >= 0.6 is 0 Å². The van der Waals surface area contributed by atoms with Crippen LogP contribution < -0.4 is 14.8 Å². The van der Waals surface area contributed by atoms with Crippen molar-refractivity contribution in [1.29, 1.82) is 0 Å². The Bertz CT molecular complexity index is 494. The van der Waals surface area contributed by atoms with Crippen LogP contribution in [0.3, 0.4) is 0 Å². The highest BCUT2D eigenvalue weighted by atomic mass is 16.5. The lowest BCUT2D eigenvalue weighted by molar-refractivity contribution is 0.357. The lowest BCUT2D eigenvalue weighted by Crippen LogP contribution is -2.20. The van der Waals surface area contributed by atoms with E-state index >= 15 is 0 Å². The zero-order chi connectivity index (χ0) is 13.7. The number of hydrogen-bond donors (Lipinski definition) is 2. The number of methoxy groups -OCH3 is 2. The third-order valence-corrected chi connectivity index (χ3v) is 2.68. The van der Waals surface area contributed by atoms with Crippen molar-refractivity contribution >= 4 is 0 Å². The molecule has 0 fully saturated rings. The largest absolute Gasteiger partial charge is 0.481 e. The summed E-state index contributed by atoms with van der Waals surface area (Å²) in [5.41, 5.74) is 0.763. The molecule has 1 unspecified atom stereocenters. The molecule has 0 aliphatic carbocycles. The van der Waals surface area contributed by atoms with Gasteiger partial charge in [-0.1, -0.05) is 0 Å². The van der Waals surface area contributed by atoms with E-state index in [1.807, 2.05) is 6.92 Å². The Balaban J connectivity index is 2.10. The molecule has 8 nitrogen and oxygen atoms in total. The second-order valence-electron chi connectivity index (χ2n) is 3.84. The van der Waals surface area contributed by atoms with E-state index in [4.69, 9.17) is 9.47 Å². The number of ether oxygens (including phenoxy) is 2. The van der Waals surface area contributed by atoms with Crippen LogP contribution in [0.5, 0.6) is 11.8 Å². The molecule has 2 heterocycles. The quantitative estimate of drug-likeness (QED) is 0.782. The van der Waals surface area contributed by atoms with E-state index in [-0.39, 0.29) is 6.04 Å². The first-order valence-corrected chi connectivity index (χ1v) is 5.76. The van der Waals surface area contributed by atoms with E-state index in [1.165, 1.54) is 12.7 Å². The summed E-state index contributed by atoms with van der Waals surface area (Å²) < 4.78 is 10.4. The molecule has 2 aromatic rings. The van der Waals surface area contributed by atoms with Gasteiger partial charge in [-0.25, -0.2) is 15.0 Å². The maximum atomic E-state index is 5.20. The van der Waals surface area contributed by atoms with Crippen LogP contribution in [0, 0.1) is 0 Å². The summed E-state index contributed by atoms with van der Waals surface area (Å²) in [6.45, 7) is 2.47. The van der Waals surface area contributed by atoms with Crippen molar-refractivity contribution in [2.75, 3.05) is 14.2 Å². The second kappa shape index (κ2) is 6.10. The molecule has 2 aromatic heterocycles. The molecule has 0 saturated heterocycles. The molecular formula is C11H16N6O2. The predicted molar refractivity (Wildman–Crippen MR) is 66.8 cm³/mol. The minimum absolute atomic E-state index is 0.0112. The normalized spacial score (nSPS) is 12.2. The van der Waals surface area contributed by atoms with Crippen molar-refractivity contribution in [2.24, 2.45) is 0 Å². The molecule has 0 aliphatic rings. The van der Waals surface area contributed by atoms with Crippen LogP contribution in [0.4, 0.5) is 0 Å². The van der Waals surface area contributed by atoms with E-state index in [0.29, 0.717) is 18.3 Å². The van der Waals surface area contributed by atoms with Crippen LogP contribution in [0.15, 0.2) is 12.7 Å². The van der Waals surface area contributed by atoms with Gasteiger partial charge in [0.25, 0.3) is 0 Å². The molecule has 0 aromatic carbocycles. The maximum absolute atomic E-state index is 5.20. The first kappa shape index (κ1) is 13.2. The van der Waals surface area contributed by atoms with Crippen molar-refractivity contribution in [2.45, 2.75) is 19.5 Å². The average molecular weight is 264 g/mol. The summed E-state index contributed by atoms with van der Waals surface area (Å²) in [5, 5.41) is 9.91. The van der Waals surface area contributed by atoms with Crippen LogP contribution in [0.1, 0.15) is 24.4 Å². The van der Waals surface area contributed by atoms with Gasteiger partial charge in [0, 0.05) is 6.54 Å². The van der Waals surface area contributed by atoms with Crippen molar-refractivity contribution in [1.82, 2.24) is 30.5 Å². The number of nitrogens with zero attached hydrogens (tertiary/aromatic N) is 4. The molecule has 0 radical (unpaired) electrons. The van der Waals surface area contributed by atoms with Gasteiger partial charge in [0.05, 0.1) is 25.8 Å². The van der Waals surface area contributed by atoms with Gasteiger partial charge in [0.1, 0.15) is 18.5 Å². The first-order valence-electron chi connectivity index (χ1n) is 5.76. The molecule has 1 atom stereocenters. The molecule has 0 spiro atoms. The lowest BCUT2D eigenvalue weighted by atomic mass is 10.2. The number of hydrogen-bond acceptors (Lipinski definition) is 7. The fraction of sp³-hybridized carbons (Fsp3) is 0.455. The van der Waals surface area contributed by atoms with Gasteiger partial charge in [-0.2, -0.15) is 5.10 Å². The highest BCUT2D eigenvalue weighted by Crippen LogP contribution is 2.23. The van der Waals surface area contributed by atoms with Crippen LogP contribution in [0.25, 0.3) is 0 Å². The van der Waals surface area contributed by atoms with Crippen molar-refractivity contribution in [3.05, 3.63) is 24.0 Å². The van der Waals surface area contributed by atoms with Crippen LogP contribution in [0.2, 0.25) is 0 Å². The van der Waals surface area contributed by atoms with E-state index in [0.717, 1.165) is 11.4 Å². The van der Waals surface area contributed by atoms with Crippen molar-refractivity contribution < 1.29 is 9.47 Å². The van der Waals surface area contributed by atoms with Gasteiger partial charge in [-0.15, -0.1) is 0 Å². The second-order valence-corrected chi connectivity index (χ2v) is 3.84. The Morgan fingerprint density at radius 1 is 1.16 bits per heavy atom. The molecule has 0 bridgehead atoms. The summed E-state index contributed by atoms with van der Waals surface area (Å²) in [6.07, 6.45) is 2.88. The van der Waals surface area contributed by atoms with Crippen molar-refractivity contribution in [3.63, 3.8) is 0 Å². The number of H-pyrrole nitrogens is 1. The molecule has 0 saturated carbocycles. The van der Waals surface area contributed by atoms with Gasteiger partial charge < -0.3 is 14.8 Å². The summed E-state index contributed by atoms with van der Waals surface area (Å²) in [4.78, 5) is 12.2. The zero-order valence-electron chi connectivity index (χ0n) is 11.0.